The molecule has 0 saturated heterocycles. The summed E-state index contributed by atoms with van der Waals surface area (Å²) in [6.07, 6.45) is 9.09. The second-order valence-electron chi connectivity index (χ2n) is 7.72. The number of fused-ring (bicyclic) bond motifs is 2. The van der Waals surface area contributed by atoms with Gasteiger partial charge in [-0.3, -0.25) is 4.79 Å². The first kappa shape index (κ1) is 16.8. The highest BCUT2D eigenvalue weighted by Crippen LogP contribution is 2.56. The second-order valence-corrected chi connectivity index (χ2v) is 7.72. The fraction of sp³-hybridized carbons (Fsp3) is 0.632. The number of carbonyl (C=O) groups is 1. The quantitative estimate of drug-likeness (QED) is 0.914. The summed E-state index contributed by atoms with van der Waals surface area (Å²) < 4.78 is 0. The van der Waals surface area contributed by atoms with Crippen LogP contribution in [-0.4, -0.2) is 19.0 Å². The normalized spacial score (nSPS) is 23.3. The van der Waals surface area contributed by atoms with Gasteiger partial charge in [-0.1, -0.05) is 37.5 Å². The highest BCUT2D eigenvalue weighted by Gasteiger charge is 2.53. The van der Waals surface area contributed by atoms with E-state index in [2.05, 4.69) is 29.2 Å². The van der Waals surface area contributed by atoms with E-state index in [4.69, 9.17) is 5.73 Å². The van der Waals surface area contributed by atoms with Gasteiger partial charge in [-0.25, -0.2) is 0 Å². The number of anilines is 1. The average molecular weight is 335 g/mol. The standard InChI is InChI=1S/C19H26N2O.ClH/c20-13-18(8-4-1-5-9-18)12-17(22)21-14-19(10-11-19)15-6-2-3-7-16(15)21;/h2-3,6-7H,1,4-5,8-14,20H2;1H. The molecule has 1 amide bonds. The fourth-order valence-corrected chi connectivity index (χ4v) is 4.60. The van der Waals surface area contributed by atoms with Gasteiger partial charge in [-0.15, -0.1) is 12.4 Å². The Bertz CT molecular complexity index is 591. The van der Waals surface area contributed by atoms with Crippen molar-refractivity contribution in [3.05, 3.63) is 29.8 Å². The Morgan fingerprint density at radius 3 is 2.43 bits per heavy atom. The van der Waals surface area contributed by atoms with Gasteiger partial charge in [-0.2, -0.15) is 0 Å². The first-order chi connectivity index (χ1) is 10.7. The molecule has 1 aromatic carbocycles. The van der Waals surface area contributed by atoms with Gasteiger partial charge in [0, 0.05) is 24.1 Å². The van der Waals surface area contributed by atoms with Gasteiger partial charge in [0.1, 0.15) is 0 Å². The molecule has 1 heterocycles. The Morgan fingerprint density at radius 2 is 1.78 bits per heavy atom. The molecule has 126 valence electrons. The van der Waals surface area contributed by atoms with Gasteiger partial charge in [-0.05, 0) is 49.3 Å². The molecule has 0 aromatic heterocycles. The van der Waals surface area contributed by atoms with E-state index in [0.29, 0.717) is 18.9 Å². The maximum absolute atomic E-state index is 13.0. The number of para-hydroxylation sites is 1. The Hall–Kier alpha value is -1.06. The third-order valence-electron chi connectivity index (χ3n) is 6.26. The lowest BCUT2D eigenvalue weighted by Crippen LogP contribution is -2.40. The summed E-state index contributed by atoms with van der Waals surface area (Å²) in [6.45, 7) is 1.55. The predicted molar refractivity (Wildman–Crippen MR) is 96.1 cm³/mol. The highest BCUT2D eigenvalue weighted by molar-refractivity contribution is 5.97. The fourth-order valence-electron chi connectivity index (χ4n) is 4.60. The zero-order valence-electron chi connectivity index (χ0n) is 13.7. The molecular weight excluding hydrogens is 308 g/mol. The van der Waals surface area contributed by atoms with Crippen LogP contribution in [0.1, 0.15) is 56.9 Å². The van der Waals surface area contributed by atoms with Gasteiger partial charge < -0.3 is 10.6 Å². The summed E-state index contributed by atoms with van der Waals surface area (Å²) in [5.41, 5.74) is 8.98. The number of halogens is 1. The van der Waals surface area contributed by atoms with Gasteiger partial charge in [0.2, 0.25) is 5.91 Å². The van der Waals surface area contributed by atoms with E-state index in [-0.39, 0.29) is 23.2 Å². The third kappa shape index (κ3) is 2.78. The Labute approximate surface area is 145 Å². The number of nitrogens with two attached hydrogens (primary N) is 1. The van der Waals surface area contributed by atoms with Crippen LogP contribution in [0.3, 0.4) is 0 Å². The van der Waals surface area contributed by atoms with Crippen LogP contribution in [-0.2, 0) is 10.2 Å². The third-order valence-corrected chi connectivity index (χ3v) is 6.26. The Balaban J connectivity index is 0.00000156. The minimum absolute atomic E-state index is 0. The molecule has 2 fully saturated rings. The zero-order valence-corrected chi connectivity index (χ0v) is 14.5. The molecule has 0 bridgehead atoms. The molecule has 23 heavy (non-hydrogen) atoms. The summed E-state index contributed by atoms with van der Waals surface area (Å²) in [5, 5.41) is 0. The van der Waals surface area contributed by atoms with Crippen LogP contribution in [0.15, 0.2) is 24.3 Å². The molecule has 0 atom stereocenters. The summed E-state index contributed by atoms with van der Waals surface area (Å²) >= 11 is 0. The number of nitrogens with zero attached hydrogens (tertiary/aromatic N) is 1. The van der Waals surface area contributed by atoms with Crippen molar-refractivity contribution in [2.75, 3.05) is 18.0 Å². The molecule has 2 saturated carbocycles. The monoisotopic (exact) mass is 334 g/mol. The van der Waals surface area contributed by atoms with Crippen LogP contribution in [0.4, 0.5) is 5.69 Å². The van der Waals surface area contributed by atoms with E-state index in [1.165, 1.54) is 37.7 Å². The topological polar surface area (TPSA) is 46.3 Å². The van der Waals surface area contributed by atoms with Crippen molar-refractivity contribution in [1.29, 1.82) is 0 Å². The van der Waals surface area contributed by atoms with Gasteiger partial charge in [0.05, 0.1) is 0 Å². The molecule has 3 aliphatic rings. The van der Waals surface area contributed by atoms with Gasteiger partial charge in [0.15, 0.2) is 0 Å². The highest BCUT2D eigenvalue weighted by atomic mass is 35.5. The van der Waals surface area contributed by atoms with Crippen molar-refractivity contribution >= 4 is 24.0 Å². The number of benzene rings is 1. The molecular formula is C19H27ClN2O. The first-order valence-corrected chi connectivity index (χ1v) is 8.78. The lowest BCUT2D eigenvalue weighted by Gasteiger charge is -2.37. The van der Waals surface area contributed by atoms with Crippen molar-refractivity contribution in [3.8, 4) is 0 Å². The Kier molecular flexibility index (Phi) is 4.45. The van der Waals surface area contributed by atoms with Crippen molar-refractivity contribution in [3.63, 3.8) is 0 Å². The Morgan fingerprint density at radius 1 is 1.09 bits per heavy atom. The molecule has 4 heteroatoms. The lowest BCUT2D eigenvalue weighted by molar-refractivity contribution is -0.121. The number of rotatable bonds is 3. The van der Waals surface area contributed by atoms with Crippen LogP contribution < -0.4 is 10.6 Å². The van der Waals surface area contributed by atoms with Crippen molar-refractivity contribution in [2.45, 2.75) is 56.8 Å². The zero-order chi connectivity index (χ0) is 15.2. The molecule has 0 radical (unpaired) electrons. The van der Waals surface area contributed by atoms with Gasteiger partial charge >= 0.3 is 0 Å². The lowest BCUT2D eigenvalue weighted by atomic mass is 9.71. The van der Waals surface area contributed by atoms with Crippen LogP contribution in [0.2, 0.25) is 0 Å². The van der Waals surface area contributed by atoms with E-state index >= 15 is 0 Å². The number of hydrogen-bond acceptors (Lipinski definition) is 2. The minimum atomic E-state index is 0. The van der Waals surface area contributed by atoms with Crippen LogP contribution in [0, 0.1) is 5.41 Å². The summed E-state index contributed by atoms with van der Waals surface area (Å²) in [5.74, 6) is 0.295. The number of amides is 1. The van der Waals surface area contributed by atoms with Crippen LogP contribution in [0.5, 0.6) is 0 Å². The SMILES string of the molecule is Cl.NCC1(CC(=O)N2CC3(CC3)c3ccccc32)CCCCC1. The van der Waals surface area contributed by atoms with E-state index < -0.39 is 0 Å². The maximum Gasteiger partial charge on any atom is 0.227 e. The van der Waals surface area contributed by atoms with Crippen molar-refractivity contribution in [1.82, 2.24) is 0 Å². The average Bonchev–Trinajstić information content (AvgIpc) is 3.26. The van der Waals surface area contributed by atoms with Crippen LogP contribution >= 0.6 is 12.4 Å². The minimum Gasteiger partial charge on any atom is -0.330 e. The smallest absolute Gasteiger partial charge is 0.227 e. The maximum atomic E-state index is 13.0. The molecule has 2 aliphatic carbocycles. The summed E-state index contributed by atoms with van der Waals surface area (Å²) in [7, 11) is 0. The van der Waals surface area contributed by atoms with E-state index in [0.717, 1.165) is 25.1 Å². The van der Waals surface area contributed by atoms with E-state index in [1.807, 2.05) is 0 Å². The summed E-state index contributed by atoms with van der Waals surface area (Å²) in [6, 6.07) is 8.50. The van der Waals surface area contributed by atoms with Crippen molar-refractivity contribution < 1.29 is 4.79 Å². The molecule has 1 aromatic rings. The largest absolute Gasteiger partial charge is 0.330 e. The number of hydrogen-bond donors (Lipinski definition) is 1. The first-order valence-electron chi connectivity index (χ1n) is 8.78. The second kappa shape index (κ2) is 6.10. The van der Waals surface area contributed by atoms with Crippen LogP contribution in [0.25, 0.3) is 0 Å². The van der Waals surface area contributed by atoms with E-state index in [9.17, 15) is 4.79 Å². The molecule has 1 spiro atoms. The predicted octanol–water partition coefficient (Wildman–Crippen LogP) is 3.79. The molecule has 0 unspecified atom stereocenters. The molecule has 3 nitrogen and oxygen atoms in total. The molecule has 4 rings (SSSR count). The van der Waals surface area contributed by atoms with Crippen molar-refractivity contribution in [2.24, 2.45) is 11.1 Å². The molecule has 2 N–H and O–H groups in total. The number of carbonyl (C=O) groups excluding carboxylic acids is 1. The van der Waals surface area contributed by atoms with Gasteiger partial charge in [0.25, 0.3) is 0 Å². The molecule has 1 aliphatic heterocycles. The van der Waals surface area contributed by atoms with E-state index in [1.54, 1.807) is 0 Å². The summed E-state index contributed by atoms with van der Waals surface area (Å²) in [4.78, 5) is 15.1.